The van der Waals surface area contributed by atoms with Crippen molar-refractivity contribution in [2.75, 3.05) is 5.32 Å². The molecule has 2 atom stereocenters. The third kappa shape index (κ3) is 6.01. The zero-order chi connectivity index (χ0) is 33.5. The van der Waals surface area contributed by atoms with Crippen LogP contribution in [0.2, 0.25) is 0 Å². The number of nitrogens with one attached hydrogen (secondary N) is 3. The van der Waals surface area contributed by atoms with Gasteiger partial charge in [0.2, 0.25) is 5.91 Å². The minimum atomic E-state index is -1.35. The molecule has 2 aromatic heterocycles. The van der Waals surface area contributed by atoms with Gasteiger partial charge in [0, 0.05) is 58.2 Å². The van der Waals surface area contributed by atoms with E-state index in [1.165, 1.54) is 18.2 Å². The Bertz CT molecular complexity index is 2440. The second-order valence-electron chi connectivity index (χ2n) is 12.1. The summed E-state index contributed by atoms with van der Waals surface area (Å²) in [6.45, 7) is 0. The van der Waals surface area contributed by atoms with Crippen LogP contribution in [0.5, 0.6) is 0 Å². The topological polar surface area (TPSA) is 155 Å². The number of carbonyl (C=O) groups is 2. The molecule has 4 aromatic rings. The summed E-state index contributed by atoms with van der Waals surface area (Å²) in [4.78, 5) is 56.4. The average Bonchev–Trinajstić information content (AvgIpc) is 3.88. The Hall–Kier alpha value is -6.59. The van der Waals surface area contributed by atoms with Gasteiger partial charge in [-0.3, -0.25) is 30.0 Å². The largest absolute Gasteiger partial charge is 0.355 e. The van der Waals surface area contributed by atoms with Crippen LogP contribution in [-0.2, 0) is 16.0 Å². The van der Waals surface area contributed by atoms with Gasteiger partial charge in [0.05, 0.1) is 39.3 Å². The number of aromatic amines is 1. The van der Waals surface area contributed by atoms with Crippen LogP contribution in [0.15, 0.2) is 142 Å². The van der Waals surface area contributed by atoms with E-state index in [1.807, 2.05) is 78.9 Å². The van der Waals surface area contributed by atoms with Gasteiger partial charge in [-0.15, -0.1) is 0 Å². The predicted molar refractivity (Wildman–Crippen MR) is 188 cm³/mol. The summed E-state index contributed by atoms with van der Waals surface area (Å²) < 4.78 is 0. The summed E-state index contributed by atoms with van der Waals surface area (Å²) in [5.41, 5.74) is 3.47. The number of nitro groups is 1. The van der Waals surface area contributed by atoms with Crippen LogP contribution in [0.3, 0.4) is 0 Å². The Balaban J connectivity index is 1.24. The second-order valence-corrected chi connectivity index (χ2v) is 12.1. The van der Waals surface area contributed by atoms with E-state index in [0.29, 0.717) is 28.4 Å². The summed E-state index contributed by atoms with van der Waals surface area (Å²) in [6.07, 6.45) is 18.0. The fourth-order valence-electron chi connectivity index (χ4n) is 6.39. The van der Waals surface area contributed by atoms with E-state index in [4.69, 9.17) is 9.98 Å². The molecule has 2 aromatic carbocycles. The number of aliphatic imine (C=N–C) groups is 2. The van der Waals surface area contributed by atoms with Gasteiger partial charge in [0.1, 0.15) is 5.54 Å². The Morgan fingerprint density at radius 2 is 1.67 bits per heavy atom. The number of non-ortho nitro benzene ring substituents is 1. The first-order chi connectivity index (χ1) is 23.8. The lowest BCUT2D eigenvalue weighted by atomic mass is 9.85. The van der Waals surface area contributed by atoms with Crippen LogP contribution in [0.4, 0.5) is 11.4 Å². The number of nitro benzene ring substituents is 1. The van der Waals surface area contributed by atoms with Gasteiger partial charge in [0.25, 0.3) is 5.69 Å². The van der Waals surface area contributed by atoms with Crippen LogP contribution in [0.25, 0.3) is 23.1 Å². The molecule has 0 spiro atoms. The number of pyridine rings is 1. The summed E-state index contributed by atoms with van der Waals surface area (Å²) in [7, 11) is 0. The van der Waals surface area contributed by atoms with Crippen molar-refractivity contribution < 1.29 is 14.5 Å². The third-order valence-corrected chi connectivity index (χ3v) is 8.64. The molecule has 1 fully saturated rings. The molecule has 1 saturated heterocycles. The van der Waals surface area contributed by atoms with Gasteiger partial charge in [-0.25, -0.2) is 9.98 Å². The quantitative estimate of drug-likeness (QED) is 0.170. The Morgan fingerprint density at radius 1 is 0.939 bits per heavy atom. The molecule has 3 N–H and O–H groups in total. The molecular weight excluding hydrogens is 618 g/mol. The van der Waals surface area contributed by atoms with Crippen molar-refractivity contribution in [3.63, 3.8) is 0 Å². The number of amides is 1. The smallest absolute Gasteiger partial charge is 0.269 e. The molecule has 0 radical (unpaired) electrons. The van der Waals surface area contributed by atoms with Gasteiger partial charge in [-0.1, -0.05) is 18.2 Å². The van der Waals surface area contributed by atoms with E-state index >= 15 is 0 Å². The Kier molecular flexibility index (Phi) is 7.23. The standard InChI is InChI=1S/C38H27N7O4/c46-36(43-25-11-14-34-24(16-25)2-1-15-39-34)20-33-35-19-30-8-7-28(41-30)17-26-5-6-27(40-26)18-29-9-10-31(42-29)22-38(44-35,37(33)47)21-23-3-12-32(13-4-23)45(48)49/h1-20,22,35,40,44H,21H2,(H,43,46)/b26-17?,27-18?,30-19?,31-22?,33-20+. The molecule has 4 aliphatic rings. The van der Waals surface area contributed by atoms with Gasteiger partial charge in [-0.2, -0.15) is 0 Å². The number of ketones is 1. The maximum Gasteiger partial charge on any atom is 0.269 e. The third-order valence-electron chi connectivity index (χ3n) is 8.64. The molecule has 1 amide bonds. The number of rotatable bonds is 5. The minimum absolute atomic E-state index is 0.0536. The summed E-state index contributed by atoms with van der Waals surface area (Å²) in [5, 5.41) is 20.3. The molecule has 0 aliphatic carbocycles. The van der Waals surface area contributed by atoms with E-state index in [9.17, 15) is 19.7 Å². The number of fused-ring (bicyclic) bond motifs is 7. The fraction of sp³-hybridized carbons (Fsp3) is 0.0789. The van der Waals surface area contributed by atoms with Gasteiger partial charge in [-0.05, 0) is 90.6 Å². The van der Waals surface area contributed by atoms with Crippen molar-refractivity contribution >= 4 is 57.5 Å². The second kappa shape index (κ2) is 11.9. The summed E-state index contributed by atoms with van der Waals surface area (Å²) >= 11 is 0. The van der Waals surface area contributed by atoms with Crippen LogP contribution in [0.1, 0.15) is 5.56 Å². The molecule has 11 nitrogen and oxygen atoms in total. The number of allylic oxidation sites excluding steroid dienone is 4. The molecule has 238 valence electrons. The van der Waals surface area contributed by atoms with Crippen molar-refractivity contribution in [2.24, 2.45) is 9.98 Å². The van der Waals surface area contributed by atoms with Crippen molar-refractivity contribution in [1.29, 1.82) is 0 Å². The highest BCUT2D eigenvalue weighted by molar-refractivity contribution is 6.20. The van der Waals surface area contributed by atoms with Gasteiger partial charge >= 0.3 is 0 Å². The lowest BCUT2D eigenvalue weighted by Crippen LogP contribution is -2.47. The Labute approximate surface area is 279 Å². The highest BCUT2D eigenvalue weighted by Gasteiger charge is 2.48. The first-order valence-corrected chi connectivity index (χ1v) is 15.6. The van der Waals surface area contributed by atoms with Crippen LogP contribution >= 0.6 is 0 Å². The van der Waals surface area contributed by atoms with E-state index in [2.05, 4.69) is 20.6 Å². The van der Waals surface area contributed by atoms with Gasteiger partial charge in [0.15, 0.2) is 5.78 Å². The molecule has 11 heteroatoms. The van der Waals surface area contributed by atoms with Crippen LogP contribution in [0, 0.1) is 10.1 Å². The summed E-state index contributed by atoms with van der Waals surface area (Å²) in [6, 6.07) is 18.5. The zero-order valence-electron chi connectivity index (χ0n) is 25.8. The molecule has 4 aliphatic heterocycles. The van der Waals surface area contributed by atoms with Crippen molar-refractivity contribution in [1.82, 2.24) is 15.3 Å². The number of aromatic nitrogens is 2. The normalized spacial score (nSPS) is 21.5. The lowest BCUT2D eigenvalue weighted by Gasteiger charge is -2.25. The van der Waals surface area contributed by atoms with E-state index in [0.717, 1.165) is 27.3 Å². The highest BCUT2D eigenvalue weighted by atomic mass is 16.6. The maximum absolute atomic E-state index is 14.7. The number of hydrogen-bond acceptors (Lipinski definition) is 8. The zero-order valence-corrected chi connectivity index (χ0v) is 25.8. The number of anilines is 1. The van der Waals surface area contributed by atoms with Crippen molar-refractivity contribution in [3.05, 3.63) is 159 Å². The molecule has 8 rings (SSSR count). The predicted octanol–water partition coefficient (Wildman–Crippen LogP) is 3.92. The fourth-order valence-corrected chi connectivity index (χ4v) is 6.39. The number of nitrogens with zero attached hydrogens (tertiary/aromatic N) is 4. The van der Waals surface area contributed by atoms with E-state index in [-0.39, 0.29) is 23.5 Å². The van der Waals surface area contributed by atoms with Crippen LogP contribution in [-0.4, -0.2) is 49.6 Å². The molecular formula is C38H27N7O4. The molecule has 2 unspecified atom stereocenters. The number of Topliss-reactive ketones (excluding diaryl/α,β-unsaturated/α-hetero) is 1. The number of H-pyrrole nitrogens is 1. The van der Waals surface area contributed by atoms with E-state index < -0.39 is 22.4 Å². The molecule has 8 bridgehead atoms. The SMILES string of the molecule is O=C(/C=C1/C(=O)C2(Cc3ccc([N+](=O)[O-])cc3)C=C3C=CC(=N3)C=c3ccc([nH]3)=CC3=NC(=CC1N2)C=C3)Nc1ccc2ncccc2c1. The first kappa shape index (κ1) is 29.8. The molecule has 49 heavy (non-hydrogen) atoms. The van der Waals surface area contributed by atoms with E-state index in [1.54, 1.807) is 30.5 Å². The molecule has 6 heterocycles. The number of carbonyl (C=O) groups excluding carboxylic acids is 2. The Morgan fingerprint density at radius 3 is 2.43 bits per heavy atom. The molecule has 0 saturated carbocycles. The van der Waals surface area contributed by atoms with Crippen LogP contribution < -0.4 is 21.3 Å². The first-order valence-electron chi connectivity index (χ1n) is 15.6. The summed E-state index contributed by atoms with van der Waals surface area (Å²) in [5.74, 6) is -0.798. The number of benzene rings is 2. The van der Waals surface area contributed by atoms with Crippen molar-refractivity contribution in [3.8, 4) is 0 Å². The monoisotopic (exact) mass is 645 g/mol. The number of hydrogen-bond donors (Lipinski definition) is 3. The minimum Gasteiger partial charge on any atom is -0.355 e. The van der Waals surface area contributed by atoms with Gasteiger partial charge < -0.3 is 10.3 Å². The average molecular weight is 646 g/mol. The maximum atomic E-state index is 14.7. The van der Waals surface area contributed by atoms with Crippen molar-refractivity contribution in [2.45, 2.75) is 18.0 Å². The lowest BCUT2D eigenvalue weighted by molar-refractivity contribution is -0.384. The highest BCUT2D eigenvalue weighted by Crippen LogP contribution is 2.34.